The van der Waals surface area contributed by atoms with Crippen LogP contribution < -0.4 is 9.47 Å². The van der Waals surface area contributed by atoms with E-state index < -0.39 is 0 Å². The molecule has 2 aromatic rings. The Morgan fingerprint density at radius 1 is 0.568 bits per heavy atom. The molecule has 2 rings (SSSR count). The molecule has 0 bridgehead atoms. The van der Waals surface area contributed by atoms with Crippen LogP contribution in [0.15, 0.2) is 61.7 Å². The second-order valence-corrected chi connectivity index (χ2v) is 8.97. The zero-order valence-electron chi connectivity index (χ0n) is 23.8. The monoisotopic (exact) mass is 510 g/mol. The Balaban J connectivity index is 0.000000371. The Morgan fingerprint density at radius 3 is 1.30 bits per heavy atom. The number of ether oxygens (including phenoxy) is 4. The molecule has 0 heterocycles. The largest absolute Gasteiger partial charge is 0.465 e. The molecule has 0 fully saturated rings. The molecule has 37 heavy (non-hydrogen) atoms. The maximum Gasteiger partial charge on any atom is 0.199 e. The number of hydrogen-bond acceptors (Lipinski definition) is 4. The van der Waals surface area contributed by atoms with Crippen LogP contribution in [0.25, 0.3) is 12.2 Å². The minimum Gasteiger partial charge on any atom is -0.465 e. The van der Waals surface area contributed by atoms with Gasteiger partial charge in [0.2, 0.25) is 0 Å². The summed E-state index contributed by atoms with van der Waals surface area (Å²) in [7, 11) is 0. The highest BCUT2D eigenvalue weighted by molar-refractivity contribution is 5.48. The Morgan fingerprint density at radius 2 is 0.946 bits per heavy atom. The third-order valence-electron chi connectivity index (χ3n) is 5.79. The molecule has 0 aromatic heterocycles. The lowest BCUT2D eigenvalue weighted by molar-refractivity contribution is -0.0827. The smallest absolute Gasteiger partial charge is 0.199 e. The second kappa shape index (κ2) is 21.5. The zero-order chi connectivity index (χ0) is 27.1. The van der Waals surface area contributed by atoms with Crippen molar-refractivity contribution < 1.29 is 18.9 Å². The quantitative estimate of drug-likeness (QED) is 0.139. The molecule has 0 N–H and O–H groups in total. The van der Waals surface area contributed by atoms with Crippen molar-refractivity contribution in [2.75, 3.05) is 13.2 Å². The van der Waals surface area contributed by atoms with Crippen molar-refractivity contribution >= 4 is 12.2 Å². The Hall–Kier alpha value is -2.56. The van der Waals surface area contributed by atoms with Gasteiger partial charge in [0.1, 0.15) is 11.5 Å². The fourth-order valence-electron chi connectivity index (χ4n) is 3.45. The number of hydrogen-bond donors (Lipinski definition) is 0. The van der Waals surface area contributed by atoms with Crippen LogP contribution in [0.4, 0.5) is 0 Å². The van der Waals surface area contributed by atoms with Gasteiger partial charge in [-0.05, 0) is 48.2 Å². The highest BCUT2D eigenvalue weighted by Crippen LogP contribution is 2.17. The topological polar surface area (TPSA) is 36.9 Å². The van der Waals surface area contributed by atoms with Gasteiger partial charge in [-0.3, -0.25) is 0 Å². The van der Waals surface area contributed by atoms with Crippen LogP contribution in [-0.4, -0.2) is 25.8 Å². The maximum atomic E-state index is 5.81. The minimum atomic E-state index is -0.142. The first-order valence-corrected chi connectivity index (χ1v) is 14.1. The summed E-state index contributed by atoms with van der Waals surface area (Å²) >= 11 is 0. The second-order valence-electron chi connectivity index (χ2n) is 8.97. The van der Waals surface area contributed by atoms with Crippen LogP contribution in [0, 0.1) is 0 Å². The molecule has 4 nitrogen and oxygen atoms in total. The Bertz CT molecular complexity index is 813. The summed E-state index contributed by atoms with van der Waals surface area (Å²) in [5.41, 5.74) is 2.19. The van der Waals surface area contributed by atoms with Crippen molar-refractivity contribution in [2.45, 2.75) is 98.1 Å². The molecule has 0 aliphatic rings. The van der Waals surface area contributed by atoms with Gasteiger partial charge in [0.15, 0.2) is 12.6 Å². The van der Waals surface area contributed by atoms with E-state index in [0.29, 0.717) is 0 Å². The minimum absolute atomic E-state index is 0.142. The molecular formula is C33H50O4. The average Bonchev–Trinajstić information content (AvgIpc) is 2.95. The summed E-state index contributed by atoms with van der Waals surface area (Å²) < 4.78 is 23.1. The fourth-order valence-corrected chi connectivity index (χ4v) is 3.45. The molecule has 0 amide bonds. The molecule has 0 aliphatic heterocycles. The number of unbranched alkanes of at least 4 members (excludes halogenated alkanes) is 5. The van der Waals surface area contributed by atoms with E-state index in [4.69, 9.17) is 18.9 Å². The van der Waals surface area contributed by atoms with Crippen molar-refractivity contribution in [3.8, 4) is 11.5 Å². The van der Waals surface area contributed by atoms with E-state index in [-0.39, 0.29) is 12.6 Å². The van der Waals surface area contributed by atoms with Gasteiger partial charge in [0.25, 0.3) is 0 Å². The van der Waals surface area contributed by atoms with Gasteiger partial charge < -0.3 is 18.9 Å². The first-order valence-electron chi connectivity index (χ1n) is 14.1. The summed E-state index contributed by atoms with van der Waals surface area (Å²) in [6.07, 6.45) is 13.5. The van der Waals surface area contributed by atoms with Crippen LogP contribution in [0.3, 0.4) is 0 Å². The maximum absolute atomic E-state index is 5.81. The van der Waals surface area contributed by atoms with Crippen LogP contribution >= 0.6 is 0 Å². The highest BCUT2D eigenvalue weighted by atomic mass is 16.7. The van der Waals surface area contributed by atoms with E-state index in [0.717, 1.165) is 61.5 Å². The van der Waals surface area contributed by atoms with Gasteiger partial charge in [-0.25, -0.2) is 0 Å². The van der Waals surface area contributed by atoms with E-state index in [9.17, 15) is 0 Å². The van der Waals surface area contributed by atoms with Crippen LogP contribution in [0.5, 0.6) is 11.5 Å². The normalized spacial score (nSPS) is 12.1. The SMILES string of the molecule is C=Cc1ccc(OC(CC)OCCCCC)cc1.C=Cc1ccc(OC(CC)OCCCCCC)cc1. The molecule has 0 aliphatic carbocycles. The van der Waals surface area contributed by atoms with E-state index >= 15 is 0 Å². The molecule has 0 saturated carbocycles. The van der Waals surface area contributed by atoms with Crippen molar-refractivity contribution in [3.63, 3.8) is 0 Å². The molecule has 0 saturated heterocycles. The molecular weight excluding hydrogens is 460 g/mol. The summed E-state index contributed by atoms with van der Waals surface area (Å²) in [6, 6.07) is 15.8. The molecule has 206 valence electrons. The van der Waals surface area contributed by atoms with Crippen molar-refractivity contribution in [1.29, 1.82) is 0 Å². The van der Waals surface area contributed by atoms with Crippen LogP contribution in [0.2, 0.25) is 0 Å². The average molecular weight is 511 g/mol. The Labute approximate surface area is 226 Å². The first kappa shape index (κ1) is 32.5. The fraction of sp³-hybridized carbons (Fsp3) is 0.515. The van der Waals surface area contributed by atoms with E-state index in [2.05, 4.69) is 40.9 Å². The summed E-state index contributed by atoms with van der Waals surface area (Å²) in [6.45, 7) is 17.6. The van der Waals surface area contributed by atoms with Crippen molar-refractivity contribution in [1.82, 2.24) is 0 Å². The third-order valence-corrected chi connectivity index (χ3v) is 5.79. The predicted molar refractivity (Wildman–Crippen MR) is 158 cm³/mol. The van der Waals surface area contributed by atoms with Crippen molar-refractivity contribution in [3.05, 3.63) is 72.8 Å². The van der Waals surface area contributed by atoms with Gasteiger partial charge in [-0.15, -0.1) is 0 Å². The van der Waals surface area contributed by atoms with Crippen LogP contribution in [0.1, 0.15) is 96.6 Å². The standard InChI is InChI=1S/C17H26O2.C16H24O2/c1-4-7-8-9-14-18-17(6-3)19-16-12-10-15(5-2)11-13-16;1-4-7-8-13-17-16(6-3)18-15-11-9-14(5-2)10-12-15/h5,10-13,17H,2,4,6-9,14H2,1,3H3;5,9-12,16H,2,4,6-8,13H2,1,3H3. The Kier molecular flexibility index (Phi) is 18.9. The lowest BCUT2D eigenvalue weighted by Gasteiger charge is -2.18. The molecule has 0 spiro atoms. The van der Waals surface area contributed by atoms with Gasteiger partial charge in [0.05, 0.1) is 13.2 Å². The third kappa shape index (κ3) is 15.3. The first-order chi connectivity index (χ1) is 18.1. The molecule has 2 aromatic carbocycles. The molecule has 2 atom stereocenters. The van der Waals surface area contributed by atoms with Gasteiger partial charge in [-0.2, -0.15) is 0 Å². The zero-order valence-corrected chi connectivity index (χ0v) is 23.8. The lowest BCUT2D eigenvalue weighted by atomic mass is 10.2. The van der Waals surface area contributed by atoms with Crippen molar-refractivity contribution in [2.24, 2.45) is 0 Å². The van der Waals surface area contributed by atoms with E-state index in [1.165, 1.54) is 32.1 Å². The number of benzene rings is 2. The molecule has 4 heteroatoms. The summed E-state index contributed by atoms with van der Waals surface area (Å²) in [5, 5.41) is 0. The van der Waals surface area contributed by atoms with Gasteiger partial charge in [-0.1, -0.05) is 109 Å². The predicted octanol–water partition coefficient (Wildman–Crippen LogP) is 9.69. The van der Waals surface area contributed by atoms with Gasteiger partial charge in [0, 0.05) is 12.8 Å². The highest BCUT2D eigenvalue weighted by Gasteiger charge is 2.08. The molecule has 2 unspecified atom stereocenters. The van der Waals surface area contributed by atoms with Gasteiger partial charge >= 0.3 is 0 Å². The number of rotatable bonds is 19. The summed E-state index contributed by atoms with van der Waals surface area (Å²) in [5.74, 6) is 1.70. The van der Waals surface area contributed by atoms with Crippen LogP contribution in [-0.2, 0) is 9.47 Å². The lowest BCUT2D eigenvalue weighted by Crippen LogP contribution is -2.20. The molecule has 0 radical (unpaired) electrons. The van der Waals surface area contributed by atoms with E-state index in [1.54, 1.807) is 0 Å². The van der Waals surface area contributed by atoms with E-state index in [1.807, 2.05) is 60.7 Å². The summed E-state index contributed by atoms with van der Waals surface area (Å²) in [4.78, 5) is 0.